The van der Waals surface area contributed by atoms with Crippen LogP contribution in [0.2, 0.25) is 0 Å². The minimum absolute atomic E-state index is 0.176. The Bertz CT molecular complexity index is 1080. The van der Waals surface area contributed by atoms with Gasteiger partial charge in [0.05, 0.1) is 23.0 Å². The van der Waals surface area contributed by atoms with Gasteiger partial charge in [0.2, 0.25) is 0 Å². The van der Waals surface area contributed by atoms with Gasteiger partial charge in [0, 0.05) is 22.1 Å². The standard InChI is InChI=1S/C21H21BrFN3/c1-12-14(11-24-26-16(12)9-10-17(26)22)19-13-7-6-8-15(23)18(13)20(2,3)21(4,5)25-19/h6-11H,1-5H3. The molecular weight excluding hydrogens is 393 g/mol. The third-order valence-electron chi connectivity index (χ3n) is 5.97. The molecule has 134 valence electrons. The van der Waals surface area contributed by atoms with Crippen LogP contribution in [0.5, 0.6) is 0 Å². The van der Waals surface area contributed by atoms with Crippen LogP contribution in [-0.2, 0) is 5.41 Å². The summed E-state index contributed by atoms with van der Waals surface area (Å²) in [5.41, 5.74) is 4.57. The zero-order valence-electron chi connectivity index (χ0n) is 15.6. The molecule has 0 saturated heterocycles. The van der Waals surface area contributed by atoms with Crippen molar-refractivity contribution in [1.82, 2.24) is 9.61 Å². The zero-order chi connectivity index (χ0) is 18.9. The summed E-state index contributed by atoms with van der Waals surface area (Å²) in [5.74, 6) is -0.176. The molecule has 4 rings (SSSR count). The maximum Gasteiger partial charge on any atom is 0.127 e. The normalized spacial score (nSPS) is 17.9. The largest absolute Gasteiger partial charge is 0.277 e. The van der Waals surface area contributed by atoms with Crippen LogP contribution >= 0.6 is 15.9 Å². The Morgan fingerprint density at radius 2 is 1.77 bits per heavy atom. The van der Waals surface area contributed by atoms with E-state index >= 15 is 0 Å². The molecule has 1 aliphatic heterocycles. The van der Waals surface area contributed by atoms with E-state index in [-0.39, 0.29) is 5.82 Å². The molecule has 3 heterocycles. The molecule has 0 atom stereocenters. The Hall–Kier alpha value is -2.01. The lowest BCUT2D eigenvalue weighted by atomic mass is 9.65. The first-order valence-corrected chi connectivity index (χ1v) is 9.47. The van der Waals surface area contributed by atoms with Crippen LogP contribution in [0.1, 0.15) is 49.9 Å². The fraction of sp³-hybridized carbons (Fsp3) is 0.333. The Kier molecular flexibility index (Phi) is 3.68. The molecule has 0 unspecified atom stereocenters. The van der Waals surface area contributed by atoms with Gasteiger partial charge >= 0.3 is 0 Å². The maximum absolute atomic E-state index is 14.9. The van der Waals surface area contributed by atoms with Gasteiger partial charge in [-0.1, -0.05) is 26.0 Å². The van der Waals surface area contributed by atoms with Crippen molar-refractivity contribution in [3.05, 3.63) is 69.2 Å². The van der Waals surface area contributed by atoms with Crippen LogP contribution in [-0.4, -0.2) is 20.9 Å². The molecule has 0 spiro atoms. The molecule has 0 bridgehead atoms. The number of aromatic nitrogens is 2. The quantitative estimate of drug-likeness (QED) is 0.521. The first-order chi connectivity index (χ1) is 12.1. The van der Waals surface area contributed by atoms with Crippen molar-refractivity contribution in [2.75, 3.05) is 0 Å². The first-order valence-electron chi connectivity index (χ1n) is 8.67. The van der Waals surface area contributed by atoms with E-state index in [4.69, 9.17) is 4.99 Å². The summed E-state index contributed by atoms with van der Waals surface area (Å²) in [6.45, 7) is 10.3. The smallest absolute Gasteiger partial charge is 0.127 e. The zero-order valence-corrected chi connectivity index (χ0v) is 17.1. The van der Waals surface area contributed by atoms with Gasteiger partial charge in [-0.3, -0.25) is 4.99 Å². The van der Waals surface area contributed by atoms with Crippen LogP contribution in [0, 0.1) is 12.7 Å². The highest BCUT2D eigenvalue weighted by Gasteiger charge is 2.45. The molecule has 0 aliphatic carbocycles. The van der Waals surface area contributed by atoms with Gasteiger partial charge in [-0.05, 0) is 60.5 Å². The fourth-order valence-corrected chi connectivity index (χ4v) is 4.16. The summed E-state index contributed by atoms with van der Waals surface area (Å²) in [6.07, 6.45) is 1.83. The lowest BCUT2D eigenvalue weighted by molar-refractivity contribution is 0.293. The van der Waals surface area contributed by atoms with Gasteiger partial charge < -0.3 is 0 Å². The summed E-state index contributed by atoms with van der Waals surface area (Å²) in [4.78, 5) is 5.08. The number of hydrogen-bond acceptors (Lipinski definition) is 2. The van der Waals surface area contributed by atoms with E-state index in [1.165, 1.54) is 6.07 Å². The average molecular weight is 414 g/mol. The molecule has 3 nitrogen and oxygen atoms in total. The van der Waals surface area contributed by atoms with Crippen molar-refractivity contribution in [1.29, 1.82) is 0 Å². The molecule has 1 aliphatic rings. The lowest BCUT2D eigenvalue weighted by Gasteiger charge is -2.44. The van der Waals surface area contributed by atoms with Crippen LogP contribution in [0.3, 0.4) is 0 Å². The topological polar surface area (TPSA) is 29.7 Å². The van der Waals surface area contributed by atoms with E-state index in [9.17, 15) is 4.39 Å². The lowest BCUT2D eigenvalue weighted by Crippen LogP contribution is -2.47. The van der Waals surface area contributed by atoms with Gasteiger partial charge in [-0.2, -0.15) is 5.10 Å². The summed E-state index contributed by atoms with van der Waals surface area (Å²) in [5, 5.41) is 4.55. The second-order valence-electron chi connectivity index (χ2n) is 7.94. The maximum atomic E-state index is 14.9. The molecule has 26 heavy (non-hydrogen) atoms. The van der Waals surface area contributed by atoms with E-state index in [0.717, 1.165) is 38.1 Å². The van der Waals surface area contributed by atoms with E-state index in [1.54, 1.807) is 6.07 Å². The van der Waals surface area contributed by atoms with Crippen molar-refractivity contribution in [2.24, 2.45) is 4.99 Å². The van der Waals surface area contributed by atoms with Crippen molar-refractivity contribution in [2.45, 2.75) is 45.6 Å². The molecule has 0 radical (unpaired) electrons. The summed E-state index contributed by atoms with van der Waals surface area (Å²) in [7, 11) is 0. The van der Waals surface area contributed by atoms with Crippen molar-refractivity contribution >= 4 is 27.2 Å². The number of nitrogens with zero attached hydrogens (tertiary/aromatic N) is 3. The third-order valence-corrected chi connectivity index (χ3v) is 6.57. The van der Waals surface area contributed by atoms with Gasteiger partial charge in [-0.25, -0.2) is 8.91 Å². The monoisotopic (exact) mass is 413 g/mol. The second-order valence-corrected chi connectivity index (χ2v) is 8.76. The highest BCUT2D eigenvalue weighted by molar-refractivity contribution is 9.10. The molecule has 0 amide bonds. The van der Waals surface area contributed by atoms with Crippen molar-refractivity contribution < 1.29 is 4.39 Å². The Morgan fingerprint density at radius 3 is 2.50 bits per heavy atom. The highest BCUT2D eigenvalue weighted by Crippen LogP contribution is 2.45. The number of fused-ring (bicyclic) bond motifs is 2. The number of aryl methyl sites for hydroxylation is 1. The van der Waals surface area contributed by atoms with Gasteiger partial charge in [-0.15, -0.1) is 0 Å². The Labute approximate surface area is 161 Å². The molecular formula is C21H21BrFN3. The molecule has 0 N–H and O–H groups in total. The van der Waals surface area contributed by atoms with E-state index < -0.39 is 11.0 Å². The van der Waals surface area contributed by atoms with Crippen molar-refractivity contribution in [3.63, 3.8) is 0 Å². The Morgan fingerprint density at radius 1 is 1.04 bits per heavy atom. The average Bonchev–Trinajstić information content (AvgIpc) is 2.94. The summed E-state index contributed by atoms with van der Waals surface area (Å²) in [6, 6.07) is 9.26. The van der Waals surface area contributed by atoms with E-state index in [2.05, 4.69) is 55.6 Å². The molecule has 2 aromatic heterocycles. The third kappa shape index (κ3) is 2.22. The summed E-state index contributed by atoms with van der Waals surface area (Å²) < 4.78 is 17.6. The van der Waals surface area contributed by atoms with Gasteiger partial charge in [0.25, 0.3) is 0 Å². The van der Waals surface area contributed by atoms with Crippen LogP contribution < -0.4 is 0 Å². The van der Waals surface area contributed by atoms with Crippen LogP contribution in [0.15, 0.2) is 46.1 Å². The van der Waals surface area contributed by atoms with Gasteiger partial charge in [0.15, 0.2) is 0 Å². The number of halogens is 2. The van der Waals surface area contributed by atoms with Crippen molar-refractivity contribution in [3.8, 4) is 0 Å². The van der Waals surface area contributed by atoms with Crippen LogP contribution in [0.25, 0.3) is 5.52 Å². The SMILES string of the molecule is Cc1c(C2=NC(C)(C)C(C)(C)c3c(F)cccc32)cnn2c(Br)ccc12. The molecule has 0 saturated carbocycles. The molecule has 5 heteroatoms. The molecule has 0 fully saturated rings. The van der Waals surface area contributed by atoms with Crippen LogP contribution in [0.4, 0.5) is 4.39 Å². The van der Waals surface area contributed by atoms with E-state index in [0.29, 0.717) is 0 Å². The minimum atomic E-state index is -0.446. The predicted octanol–water partition coefficient (Wildman–Crippen LogP) is 5.45. The number of benzene rings is 1. The van der Waals surface area contributed by atoms with Gasteiger partial charge in [0.1, 0.15) is 10.4 Å². The second kappa shape index (κ2) is 5.49. The predicted molar refractivity (Wildman–Crippen MR) is 107 cm³/mol. The number of rotatable bonds is 1. The molecule has 3 aromatic rings. The fourth-order valence-electron chi connectivity index (χ4n) is 3.74. The first kappa shape index (κ1) is 17.4. The highest BCUT2D eigenvalue weighted by atomic mass is 79.9. The Balaban J connectivity index is 2.05. The number of hydrogen-bond donors (Lipinski definition) is 0. The minimum Gasteiger partial charge on any atom is -0.277 e. The van der Waals surface area contributed by atoms with E-state index in [1.807, 2.05) is 28.9 Å². The molecule has 1 aromatic carbocycles. The number of aliphatic imine (C=N–C) groups is 1. The summed E-state index contributed by atoms with van der Waals surface area (Å²) >= 11 is 3.51.